The summed E-state index contributed by atoms with van der Waals surface area (Å²) in [6.45, 7) is -0.762. The molecule has 2 atom stereocenters. The van der Waals surface area contributed by atoms with Crippen LogP contribution in [0, 0.1) is 0 Å². The van der Waals surface area contributed by atoms with Gasteiger partial charge in [-0.3, -0.25) is 33.1 Å². The first kappa shape index (κ1) is 29.5. The number of benzene rings is 2. The second-order valence-corrected chi connectivity index (χ2v) is 12.0. The summed E-state index contributed by atoms with van der Waals surface area (Å²) in [6, 6.07) is 8.50. The standard InChI is InChI=1S/C27H26ClF2N2O8P/c28-19-5-3-18(4-6-19)27(29,30)23(33)11-2-16-1-9-21-17(13-16)14-31(25(21)35)22-10-12-24(34)32(26(22)36)15-39-41(37,38)40-20-7-8-20/h1,3-6,9,13,20,22H,2,7-8,10-12,14-15H2,(H,37,38). The Morgan fingerprint density at radius 1 is 1.10 bits per heavy atom. The molecule has 1 saturated heterocycles. The summed E-state index contributed by atoms with van der Waals surface area (Å²) >= 11 is 5.75. The third-order valence-corrected chi connectivity index (χ3v) is 8.47. The van der Waals surface area contributed by atoms with Gasteiger partial charge in [0.25, 0.3) is 11.8 Å². The summed E-state index contributed by atoms with van der Waals surface area (Å²) in [5.41, 5.74) is 0.981. The molecule has 1 aliphatic carbocycles. The number of Topliss-reactive ketones (excluding diaryl/α,β-unsaturated/α-hetero) is 1. The van der Waals surface area contributed by atoms with E-state index in [0.717, 1.165) is 12.1 Å². The van der Waals surface area contributed by atoms with Gasteiger partial charge in [0.15, 0.2) is 0 Å². The van der Waals surface area contributed by atoms with Crippen LogP contribution >= 0.6 is 19.4 Å². The van der Waals surface area contributed by atoms with E-state index in [1.165, 1.54) is 23.1 Å². The van der Waals surface area contributed by atoms with E-state index in [9.17, 15) is 37.4 Å². The van der Waals surface area contributed by atoms with Crippen molar-refractivity contribution in [2.24, 2.45) is 0 Å². The highest BCUT2D eigenvalue weighted by atomic mass is 35.5. The van der Waals surface area contributed by atoms with E-state index in [-0.39, 0.29) is 30.8 Å². The second-order valence-electron chi connectivity index (χ2n) is 10.2. The monoisotopic (exact) mass is 610 g/mol. The smallest absolute Gasteiger partial charge is 0.322 e. The van der Waals surface area contributed by atoms with Crippen molar-refractivity contribution in [2.45, 2.75) is 63.1 Å². The van der Waals surface area contributed by atoms with Gasteiger partial charge in [-0.15, -0.1) is 0 Å². The van der Waals surface area contributed by atoms with Crippen LogP contribution < -0.4 is 0 Å². The number of imide groups is 1. The number of aryl methyl sites for hydroxylation is 1. The van der Waals surface area contributed by atoms with Crippen LogP contribution in [0.2, 0.25) is 5.02 Å². The largest absolute Gasteiger partial charge is 0.474 e. The molecule has 0 radical (unpaired) electrons. The van der Waals surface area contributed by atoms with Gasteiger partial charge in [-0.05, 0) is 55.0 Å². The maximum Gasteiger partial charge on any atom is 0.474 e. The molecule has 2 aromatic rings. The zero-order valence-corrected chi connectivity index (χ0v) is 23.3. The molecule has 3 amide bonds. The summed E-state index contributed by atoms with van der Waals surface area (Å²) in [5.74, 6) is -6.74. The zero-order valence-electron chi connectivity index (χ0n) is 21.6. The Balaban J connectivity index is 1.22. The number of likely N-dealkylation sites (tertiary alicyclic amines) is 1. The molecule has 2 aromatic carbocycles. The Hall–Kier alpha value is -3.02. The van der Waals surface area contributed by atoms with Crippen LogP contribution in [0.4, 0.5) is 8.78 Å². The van der Waals surface area contributed by atoms with Crippen molar-refractivity contribution in [3.63, 3.8) is 0 Å². The van der Waals surface area contributed by atoms with Gasteiger partial charge in [-0.1, -0.05) is 35.9 Å². The number of carbonyl (C=O) groups excluding carboxylic acids is 4. The molecule has 2 unspecified atom stereocenters. The van der Waals surface area contributed by atoms with Gasteiger partial charge < -0.3 is 9.79 Å². The van der Waals surface area contributed by atoms with Crippen molar-refractivity contribution in [3.05, 3.63) is 69.7 Å². The van der Waals surface area contributed by atoms with E-state index in [1.54, 1.807) is 12.1 Å². The molecular weight excluding hydrogens is 585 g/mol. The molecule has 2 heterocycles. The van der Waals surface area contributed by atoms with Gasteiger partial charge in [0.05, 0.1) is 6.10 Å². The first-order chi connectivity index (χ1) is 19.4. The van der Waals surface area contributed by atoms with Gasteiger partial charge >= 0.3 is 13.7 Å². The van der Waals surface area contributed by atoms with Crippen LogP contribution in [0.15, 0.2) is 42.5 Å². The Morgan fingerprint density at radius 2 is 1.80 bits per heavy atom. The second kappa shape index (κ2) is 11.3. The topological polar surface area (TPSA) is 131 Å². The molecule has 14 heteroatoms. The number of halogens is 3. The van der Waals surface area contributed by atoms with Crippen molar-refractivity contribution in [2.75, 3.05) is 6.73 Å². The first-order valence-electron chi connectivity index (χ1n) is 13.0. The van der Waals surface area contributed by atoms with Crippen molar-refractivity contribution in [1.29, 1.82) is 0 Å². The average Bonchev–Trinajstić information content (AvgIpc) is 3.67. The van der Waals surface area contributed by atoms with E-state index in [0.29, 0.717) is 34.4 Å². The lowest BCUT2D eigenvalue weighted by Gasteiger charge is -2.35. The molecule has 10 nitrogen and oxygen atoms in total. The van der Waals surface area contributed by atoms with Crippen LogP contribution in [0.5, 0.6) is 0 Å². The molecule has 1 saturated carbocycles. The van der Waals surface area contributed by atoms with E-state index in [1.807, 2.05) is 0 Å². The van der Waals surface area contributed by atoms with Crippen LogP contribution in [-0.2, 0) is 46.9 Å². The molecule has 5 rings (SSSR count). The van der Waals surface area contributed by atoms with E-state index in [2.05, 4.69) is 0 Å². The Bertz CT molecular complexity index is 1450. The first-order valence-corrected chi connectivity index (χ1v) is 14.8. The highest BCUT2D eigenvalue weighted by molar-refractivity contribution is 7.47. The number of amides is 3. The lowest BCUT2D eigenvalue weighted by atomic mass is 9.97. The minimum atomic E-state index is -4.46. The molecule has 2 aliphatic heterocycles. The number of hydrogen-bond donors (Lipinski definition) is 1. The van der Waals surface area contributed by atoms with Crippen LogP contribution in [0.25, 0.3) is 0 Å². The van der Waals surface area contributed by atoms with Gasteiger partial charge in [-0.25, -0.2) is 4.57 Å². The maximum absolute atomic E-state index is 14.6. The summed E-state index contributed by atoms with van der Waals surface area (Å²) in [7, 11) is -4.46. The van der Waals surface area contributed by atoms with Crippen LogP contribution in [0.3, 0.4) is 0 Å². The number of fused-ring (bicyclic) bond motifs is 1. The molecule has 3 aliphatic rings. The van der Waals surface area contributed by atoms with E-state index in [4.69, 9.17) is 20.6 Å². The van der Waals surface area contributed by atoms with E-state index < -0.39 is 68.1 Å². The Morgan fingerprint density at radius 3 is 2.49 bits per heavy atom. The number of alkyl halides is 2. The SMILES string of the molecule is O=C1CCC(N2Cc3cc(CCC(=O)C(F)(F)c4ccc(Cl)cc4)ccc3C2=O)C(=O)N1COP(=O)(O)OC1CC1. The fourth-order valence-corrected chi connectivity index (χ4v) is 5.84. The highest BCUT2D eigenvalue weighted by Gasteiger charge is 2.44. The van der Waals surface area contributed by atoms with Crippen LogP contribution in [-0.4, -0.2) is 57.1 Å². The molecule has 1 N–H and O–H groups in total. The van der Waals surface area contributed by atoms with E-state index >= 15 is 0 Å². The highest BCUT2D eigenvalue weighted by Crippen LogP contribution is 2.49. The predicted molar refractivity (Wildman–Crippen MR) is 140 cm³/mol. The normalized spacial score (nSPS) is 20.8. The molecule has 2 fully saturated rings. The third kappa shape index (κ3) is 6.42. The number of nitrogens with zero attached hydrogens (tertiary/aromatic N) is 2. The number of rotatable bonds is 11. The third-order valence-electron chi connectivity index (χ3n) is 7.22. The summed E-state index contributed by atoms with van der Waals surface area (Å²) < 4.78 is 51.1. The Kier molecular flexibility index (Phi) is 8.15. The van der Waals surface area contributed by atoms with Crippen molar-refractivity contribution >= 4 is 42.9 Å². The molecule has 218 valence electrons. The zero-order chi connectivity index (χ0) is 29.5. The number of piperidine rings is 1. The lowest BCUT2D eigenvalue weighted by molar-refractivity contribution is -0.156. The number of phosphoric ester groups is 1. The van der Waals surface area contributed by atoms with Crippen molar-refractivity contribution < 1.29 is 46.5 Å². The molecule has 0 bridgehead atoms. The number of phosphoric acid groups is 1. The quantitative estimate of drug-likeness (QED) is 0.293. The maximum atomic E-state index is 14.6. The number of carbonyl (C=O) groups is 4. The Labute approximate surface area is 238 Å². The number of hydrogen-bond acceptors (Lipinski definition) is 7. The summed E-state index contributed by atoms with van der Waals surface area (Å²) in [6.07, 6.45) is 0.374. The van der Waals surface area contributed by atoms with Gasteiger partial charge in [0.1, 0.15) is 12.8 Å². The van der Waals surface area contributed by atoms with Gasteiger partial charge in [-0.2, -0.15) is 8.78 Å². The average molecular weight is 611 g/mol. The minimum absolute atomic E-state index is 0.00953. The molecule has 0 aromatic heterocycles. The molecule has 41 heavy (non-hydrogen) atoms. The fraction of sp³-hybridized carbons (Fsp3) is 0.407. The lowest BCUT2D eigenvalue weighted by Crippen LogP contribution is -2.55. The molecule has 0 spiro atoms. The van der Waals surface area contributed by atoms with Crippen molar-refractivity contribution in [3.8, 4) is 0 Å². The predicted octanol–water partition coefficient (Wildman–Crippen LogP) is 4.36. The van der Waals surface area contributed by atoms with Gasteiger partial charge in [0.2, 0.25) is 11.7 Å². The summed E-state index contributed by atoms with van der Waals surface area (Å²) in [5, 5.41) is 0.274. The summed E-state index contributed by atoms with van der Waals surface area (Å²) in [4.78, 5) is 62.8. The van der Waals surface area contributed by atoms with Crippen molar-refractivity contribution in [1.82, 2.24) is 9.80 Å². The fourth-order valence-electron chi connectivity index (χ4n) is 4.81. The molecular formula is C27H26ClF2N2O8P. The van der Waals surface area contributed by atoms with Gasteiger partial charge in [0, 0.05) is 35.5 Å². The van der Waals surface area contributed by atoms with Crippen LogP contribution in [0.1, 0.15) is 59.2 Å². The minimum Gasteiger partial charge on any atom is -0.322 e. The number of ketones is 1.